The molecule has 0 aliphatic heterocycles. The molecule has 1 N–H and O–H groups in total. The minimum Gasteiger partial charge on any atom is -0.260 e. The third-order valence-electron chi connectivity index (χ3n) is 2.82. The van der Waals surface area contributed by atoms with Crippen molar-refractivity contribution in [1.82, 2.24) is 4.72 Å². The van der Waals surface area contributed by atoms with Crippen molar-refractivity contribution in [2.24, 2.45) is 0 Å². The Balaban J connectivity index is 2.90. The van der Waals surface area contributed by atoms with Crippen molar-refractivity contribution >= 4 is 38.1 Å². The largest absolute Gasteiger partial charge is 0.270 e. The van der Waals surface area contributed by atoms with Gasteiger partial charge in [0.25, 0.3) is 5.69 Å². The number of nitro benzene ring substituents is 1. The normalized spacial score (nSPS) is 14.6. The molecule has 2 unspecified atom stereocenters. The van der Waals surface area contributed by atoms with Crippen LogP contribution in [0.1, 0.15) is 13.3 Å². The first-order valence-electron chi connectivity index (χ1n) is 5.91. The molecule has 0 aliphatic rings. The number of non-ortho nitro benzene ring substituents is 1. The number of hydrogen-bond acceptors (Lipinski definition) is 5. The number of nitrogens with one attached hydrogen (secondary N) is 1. The van der Waals surface area contributed by atoms with Gasteiger partial charge in [-0.15, -0.1) is 0 Å². The van der Waals surface area contributed by atoms with E-state index in [2.05, 4.69) is 4.72 Å². The molecule has 1 rings (SSSR count). The van der Waals surface area contributed by atoms with Crippen LogP contribution in [0.3, 0.4) is 0 Å². The van der Waals surface area contributed by atoms with Gasteiger partial charge in [-0.05, 0) is 12.5 Å². The second-order valence-electron chi connectivity index (χ2n) is 4.37. The van der Waals surface area contributed by atoms with E-state index in [-0.39, 0.29) is 27.4 Å². The highest BCUT2D eigenvalue weighted by Gasteiger charge is 2.21. The molecular weight excluding hydrogens is 340 g/mol. The molecule has 0 heterocycles. The Morgan fingerprint density at radius 1 is 1.48 bits per heavy atom. The number of sulfonamides is 1. The molecule has 0 aromatic heterocycles. The third kappa shape index (κ3) is 5.03. The number of hydrogen-bond donors (Lipinski definition) is 1. The second kappa shape index (κ2) is 7.30. The Bertz CT molecular complexity index is 663. The first kappa shape index (κ1) is 18.0. The quantitative estimate of drug-likeness (QED) is 0.592. The van der Waals surface area contributed by atoms with E-state index in [9.17, 15) is 22.7 Å². The highest BCUT2D eigenvalue weighted by molar-refractivity contribution is 7.89. The van der Waals surface area contributed by atoms with Gasteiger partial charge in [-0.1, -0.05) is 18.5 Å². The molecule has 0 bridgehead atoms. The van der Waals surface area contributed by atoms with E-state index in [1.807, 2.05) is 0 Å². The van der Waals surface area contributed by atoms with Crippen LogP contribution in [0.4, 0.5) is 5.69 Å². The van der Waals surface area contributed by atoms with Gasteiger partial charge in [-0.3, -0.25) is 14.3 Å². The molecule has 0 saturated carbocycles. The number of nitro groups is 1. The first-order chi connectivity index (χ1) is 9.65. The number of benzene rings is 1. The Morgan fingerprint density at radius 3 is 2.62 bits per heavy atom. The summed E-state index contributed by atoms with van der Waals surface area (Å²) in [6.45, 7) is 1.81. The summed E-state index contributed by atoms with van der Waals surface area (Å²) in [5, 5.41) is 10.4. The van der Waals surface area contributed by atoms with Crippen molar-refractivity contribution in [3.05, 3.63) is 33.3 Å². The third-order valence-corrected chi connectivity index (χ3v) is 6.14. The van der Waals surface area contributed by atoms with Crippen LogP contribution >= 0.6 is 11.6 Å². The van der Waals surface area contributed by atoms with Crippen LogP contribution < -0.4 is 4.72 Å². The van der Waals surface area contributed by atoms with Crippen LogP contribution in [-0.4, -0.2) is 35.6 Å². The SMILES string of the molecule is CC(CCNS(=O)(=O)c1cc([N+](=O)[O-])ccc1Cl)S(C)=O. The van der Waals surface area contributed by atoms with Crippen LogP contribution in [0.15, 0.2) is 23.1 Å². The lowest BCUT2D eigenvalue weighted by Crippen LogP contribution is -2.28. The fraction of sp³-hybridized carbons (Fsp3) is 0.455. The summed E-state index contributed by atoms with van der Waals surface area (Å²) in [5.41, 5.74) is -0.359. The van der Waals surface area contributed by atoms with E-state index < -0.39 is 25.7 Å². The van der Waals surface area contributed by atoms with E-state index >= 15 is 0 Å². The summed E-state index contributed by atoms with van der Waals surface area (Å²) in [4.78, 5) is 9.64. The molecule has 21 heavy (non-hydrogen) atoms. The lowest BCUT2D eigenvalue weighted by molar-refractivity contribution is -0.385. The van der Waals surface area contributed by atoms with Gasteiger partial charge >= 0.3 is 0 Å². The smallest absolute Gasteiger partial charge is 0.260 e. The summed E-state index contributed by atoms with van der Waals surface area (Å²) < 4.78 is 37.6. The van der Waals surface area contributed by atoms with Crippen molar-refractivity contribution in [1.29, 1.82) is 0 Å². The van der Waals surface area contributed by atoms with E-state index in [0.717, 1.165) is 18.2 Å². The maximum absolute atomic E-state index is 12.1. The van der Waals surface area contributed by atoms with Crippen molar-refractivity contribution in [3.63, 3.8) is 0 Å². The fourth-order valence-electron chi connectivity index (χ4n) is 1.45. The van der Waals surface area contributed by atoms with Crippen molar-refractivity contribution in [3.8, 4) is 0 Å². The maximum Gasteiger partial charge on any atom is 0.270 e. The molecule has 2 atom stereocenters. The standard InChI is InChI=1S/C11H15ClN2O5S2/c1-8(20(2)17)5-6-13-21(18,19)11-7-9(14(15)16)3-4-10(11)12/h3-4,7-8,13H,5-6H2,1-2H3. The molecule has 0 saturated heterocycles. The molecule has 7 nitrogen and oxygen atoms in total. The monoisotopic (exact) mass is 354 g/mol. The highest BCUT2D eigenvalue weighted by Crippen LogP contribution is 2.25. The highest BCUT2D eigenvalue weighted by atomic mass is 35.5. The van der Waals surface area contributed by atoms with Crippen LogP contribution in [0.25, 0.3) is 0 Å². The fourth-order valence-corrected chi connectivity index (χ4v) is 3.47. The Labute approximate surface area is 130 Å². The summed E-state index contributed by atoms with van der Waals surface area (Å²) in [7, 11) is -5.00. The summed E-state index contributed by atoms with van der Waals surface area (Å²) in [6.07, 6.45) is 1.92. The molecule has 1 aromatic carbocycles. The topological polar surface area (TPSA) is 106 Å². The minimum atomic E-state index is -3.95. The van der Waals surface area contributed by atoms with Crippen LogP contribution in [0.2, 0.25) is 5.02 Å². The van der Waals surface area contributed by atoms with Crippen molar-refractivity contribution in [2.75, 3.05) is 12.8 Å². The Hall–Kier alpha value is -1.03. The summed E-state index contributed by atoms with van der Waals surface area (Å²) in [6, 6.07) is 3.20. The first-order valence-corrected chi connectivity index (χ1v) is 9.39. The Kier molecular flexibility index (Phi) is 6.26. The molecule has 0 fully saturated rings. The zero-order chi connectivity index (χ0) is 16.2. The van der Waals surface area contributed by atoms with Crippen LogP contribution in [0.5, 0.6) is 0 Å². The van der Waals surface area contributed by atoms with E-state index in [4.69, 9.17) is 11.6 Å². The maximum atomic E-state index is 12.1. The van der Waals surface area contributed by atoms with Gasteiger partial charge in [0.1, 0.15) is 4.90 Å². The lowest BCUT2D eigenvalue weighted by atomic mass is 10.3. The molecule has 1 aromatic rings. The molecule has 10 heteroatoms. The predicted molar refractivity (Wildman–Crippen MR) is 81.4 cm³/mol. The molecule has 0 spiro atoms. The zero-order valence-corrected chi connectivity index (χ0v) is 13.8. The van der Waals surface area contributed by atoms with Crippen LogP contribution in [0, 0.1) is 10.1 Å². The van der Waals surface area contributed by atoms with Crippen LogP contribution in [-0.2, 0) is 20.8 Å². The van der Waals surface area contributed by atoms with Gasteiger partial charge in [0.2, 0.25) is 10.0 Å². The predicted octanol–water partition coefficient (Wildman–Crippen LogP) is 1.68. The van der Waals surface area contributed by atoms with E-state index in [1.54, 1.807) is 6.92 Å². The van der Waals surface area contributed by atoms with Crippen molar-refractivity contribution in [2.45, 2.75) is 23.5 Å². The summed E-state index contributed by atoms with van der Waals surface area (Å²) in [5.74, 6) is 0. The molecule has 0 aliphatic carbocycles. The minimum absolute atomic E-state index is 0.0715. The molecular formula is C11H15ClN2O5S2. The number of rotatable bonds is 7. The Morgan fingerprint density at radius 2 is 2.10 bits per heavy atom. The molecule has 0 radical (unpaired) electrons. The number of halogens is 1. The average molecular weight is 355 g/mol. The molecule has 0 amide bonds. The second-order valence-corrected chi connectivity index (χ2v) is 8.31. The van der Waals surface area contributed by atoms with Gasteiger partial charge < -0.3 is 0 Å². The van der Waals surface area contributed by atoms with Crippen molar-refractivity contribution < 1.29 is 17.6 Å². The zero-order valence-electron chi connectivity index (χ0n) is 11.4. The summed E-state index contributed by atoms with van der Waals surface area (Å²) >= 11 is 5.79. The number of nitrogens with zero attached hydrogens (tertiary/aromatic N) is 1. The average Bonchev–Trinajstić information content (AvgIpc) is 2.38. The lowest BCUT2D eigenvalue weighted by Gasteiger charge is -2.10. The van der Waals surface area contributed by atoms with Gasteiger partial charge in [0.05, 0.1) is 9.95 Å². The van der Waals surface area contributed by atoms with Gasteiger partial charge in [-0.2, -0.15) is 0 Å². The van der Waals surface area contributed by atoms with E-state index in [0.29, 0.717) is 6.42 Å². The molecule has 118 valence electrons. The van der Waals surface area contributed by atoms with Gasteiger partial charge in [0, 0.05) is 41.0 Å². The van der Waals surface area contributed by atoms with Gasteiger partial charge in [-0.25, -0.2) is 13.1 Å². The van der Waals surface area contributed by atoms with E-state index in [1.165, 1.54) is 6.26 Å². The van der Waals surface area contributed by atoms with Gasteiger partial charge in [0.15, 0.2) is 0 Å².